The molecule has 6 heteroatoms. The Balaban J connectivity index is 2.27. The zero-order chi connectivity index (χ0) is 13.0. The maximum Gasteiger partial charge on any atom is 0.166 e. The van der Waals surface area contributed by atoms with Crippen LogP contribution >= 0.6 is 0 Å². The molecule has 0 atom stereocenters. The third kappa shape index (κ3) is 2.48. The summed E-state index contributed by atoms with van der Waals surface area (Å²) in [7, 11) is 0. The third-order valence-electron chi connectivity index (χ3n) is 2.47. The van der Waals surface area contributed by atoms with Gasteiger partial charge in [0, 0.05) is 11.1 Å². The molecule has 0 amide bonds. The fourth-order valence-electron chi connectivity index (χ4n) is 1.57. The van der Waals surface area contributed by atoms with E-state index in [2.05, 4.69) is 15.1 Å². The number of nitrogens with zero attached hydrogens (tertiary/aromatic N) is 6. The monoisotopic (exact) mass is 238 g/mol. The van der Waals surface area contributed by atoms with Gasteiger partial charge in [-0.15, -0.1) is 0 Å². The van der Waals surface area contributed by atoms with E-state index < -0.39 is 0 Å². The number of aryl methyl sites for hydroxylation is 1. The van der Waals surface area contributed by atoms with Crippen LogP contribution in [0, 0.1) is 18.3 Å². The average Bonchev–Trinajstić information content (AvgIpc) is 2.75. The summed E-state index contributed by atoms with van der Waals surface area (Å²) >= 11 is 0. The smallest absolute Gasteiger partial charge is 0.166 e. The molecule has 0 radical (unpaired) electrons. The summed E-state index contributed by atoms with van der Waals surface area (Å²) in [4.78, 5) is 2.64. The SMILES string of the molecule is Cc1ccc(Cn2cc(C#N)c(N=[N+]=[N-])n2)cc1. The molecule has 0 N–H and O–H groups in total. The zero-order valence-electron chi connectivity index (χ0n) is 9.78. The number of rotatable bonds is 3. The lowest BCUT2D eigenvalue weighted by atomic mass is 10.1. The second-order valence-corrected chi connectivity index (χ2v) is 3.85. The normalized spacial score (nSPS) is 9.56. The van der Waals surface area contributed by atoms with E-state index in [1.165, 1.54) is 5.56 Å². The van der Waals surface area contributed by atoms with E-state index in [4.69, 9.17) is 10.8 Å². The summed E-state index contributed by atoms with van der Waals surface area (Å²) in [5, 5.41) is 16.3. The van der Waals surface area contributed by atoms with Gasteiger partial charge in [-0.05, 0) is 23.1 Å². The lowest BCUT2D eigenvalue weighted by molar-refractivity contribution is 0.687. The summed E-state index contributed by atoms with van der Waals surface area (Å²) in [5.74, 6) is 0.118. The van der Waals surface area contributed by atoms with Gasteiger partial charge in [-0.3, -0.25) is 4.68 Å². The molecule has 1 aromatic heterocycles. The maximum absolute atomic E-state index is 8.87. The summed E-state index contributed by atoms with van der Waals surface area (Å²) in [6.45, 7) is 2.56. The standard InChI is InChI=1S/C12H10N6/c1-9-2-4-10(5-3-9)7-18-8-11(6-13)12(16-18)15-17-14/h2-5,8H,7H2,1H3. The molecule has 0 unspecified atom stereocenters. The molecule has 0 saturated heterocycles. The van der Waals surface area contributed by atoms with Crippen LogP contribution in [0.3, 0.4) is 0 Å². The van der Waals surface area contributed by atoms with Crippen molar-refractivity contribution in [1.29, 1.82) is 5.26 Å². The third-order valence-corrected chi connectivity index (χ3v) is 2.47. The van der Waals surface area contributed by atoms with Gasteiger partial charge in [0.25, 0.3) is 0 Å². The minimum Gasteiger partial charge on any atom is -0.266 e. The van der Waals surface area contributed by atoms with E-state index in [0.29, 0.717) is 6.54 Å². The van der Waals surface area contributed by atoms with Crippen LogP contribution in [0.25, 0.3) is 10.4 Å². The molecule has 0 fully saturated rings. The predicted molar refractivity (Wildman–Crippen MR) is 66.0 cm³/mol. The van der Waals surface area contributed by atoms with Crippen molar-refractivity contribution in [3.05, 3.63) is 57.6 Å². The number of aromatic nitrogens is 2. The van der Waals surface area contributed by atoms with Crippen molar-refractivity contribution >= 4 is 5.82 Å². The molecule has 0 aliphatic heterocycles. The van der Waals surface area contributed by atoms with E-state index in [9.17, 15) is 0 Å². The van der Waals surface area contributed by atoms with Crippen LogP contribution in [0.15, 0.2) is 35.6 Å². The van der Waals surface area contributed by atoms with Gasteiger partial charge in [0.05, 0.1) is 12.1 Å². The van der Waals surface area contributed by atoms with Gasteiger partial charge in [-0.1, -0.05) is 29.8 Å². The van der Waals surface area contributed by atoms with Crippen molar-refractivity contribution in [1.82, 2.24) is 9.78 Å². The molecule has 18 heavy (non-hydrogen) atoms. The molecule has 0 bridgehead atoms. The average molecular weight is 238 g/mol. The van der Waals surface area contributed by atoms with Crippen molar-refractivity contribution in [3.8, 4) is 6.07 Å². The van der Waals surface area contributed by atoms with Crippen LogP contribution in [0.4, 0.5) is 5.82 Å². The highest BCUT2D eigenvalue weighted by Gasteiger charge is 2.06. The first-order chi connectivity index (χ1) is 8.72. The lowest BCUT2D eigenvalue weighted by Crippen LogP contribution is -1.99. The van der Waals surface area contributed by atoms with Crippen molar-refractivity contribution in [2.24, 2.45) is 5.11 Å². The van der Waals surface area contributed by atoms with Crippen molar-refractivity contribution in [2.75, 3.05) is 0 Å². The second kappa shape index (κ2) is 5.04. The number of hydrogen-bond donors (Lipinski definition) is 0. The quantitative estimate of drug-likeness (QED) is 0.467. The molecule has 0 aliphatic carbocycles. The molecule has 1 heterocycles. The van der Waals surface area contributed by atoms with Crippen LogP contribution in [0.5, 0.6) is 0 Å². The number of benzene rings is 1. The molecule has 0 spiro atoms. The number of hydrogen-bond acceptors (Lipinski definition) is 3. The molecule has 0 aliphatic rings. The van der Waals surface area contributed by atoms with E-state index in [-0.39, 0.29) is 11.4 Å². The van der Waals surface area contributed by atoms with Gasteiger partial charge in [-0.25, -0.2) is 0 Å². The number of nitriles is 1. The van der Waals surface area contributed by atoms with Gasteiger partial charge in [-0.2, -0.15) is 10.4 Å². The van der Waals surface area contributed by atoms with Crippen molar-refractivity contribution in [2.45, 2.75) is 13.5 Å². The highest BCUT2D eigenvalue weighted by molar-refractivity contribution is 5.45. The highest BCUT2D eigenvalue weighted by Crippen LogP contribution is 2.16. The summed E-state index contributed by atoms with van der Waals surface area (Å²) < 4.78 is 1.59. The Morgan fingerprint density at radius 1 is 1.44 bits per heavy atom. The number of azide groups is 1. The Hall–Kier alpha value is -2.77. The van der Waals surface area contributed by atoms with Crippen LogP contribution in [0.2, 0.25) is 0 Å². The summed E-state index contributed by atoms with van der Waals surface area (Å²) in [5.41, 5.74) is 10.9. The zero-order valence-corrected chi connectivity index (χ0v) is 9.78. The van der Waals surface area contributed by atoms with E-state index in [0.717, 1.165) is 5.56 Å². The van der Waals surface area contributed by atoms with Gasteiger partial charge in [0.1, 0.15) is 6.07 Å². The Morgan fingerprint density at radius 2 is 2.17 bits per heavy atom. The fourth-order valence-corrected chi connectivity index (χ4v) is 1.57. The van der Waals surface area contributed by atoms with Crippen LogP contribution in [-0.4, -0.2) is 9.78 Å². The molecule has 6 nitrogen and oxygen atoms in total. The Kier molecular flexibility index (Phi) is 3.28. The fraction of sp³-hybridized carbons (Fsp3) is 0.167. The largest absolute Gasteiger partial charge is 0.266 e. The van der Waals surface area contributed by atoms with Crippen molar-refractivity contribution in [3.63, 3.8) is 0 Å². The van der Waals surface area contributed by atoms with Gasteiger partial charge >= 0.3 is 0 Å². The van der Waals surface area contributed by atoms with Crippen molar-refractivity contribution < 1.29 is 0 Å². The molecule has 1 aromatic carbocycles. The summed E-state index contributed by atoms with van der Waals surface area (Å²) in [6.07, 6.45) is 1.57. The highest BCUT2D eigenvalue weighted by atomic mass is 15.3. The van der Waals surface area contributed by atoms with Gasteiger partial charge < -0.3 is 0 Å². The Morgan fingerprint density at radius 3 is 2.78 bits per heavy atom. The van der Waals surface area contributed by atoms with E-state index in [1.807, 2.05) is 37.3 Å². The molecule has 2 aromatic rings. The second-order valence-electron chi connectivity index (χ2n) is 3.85. The topological polar surface area (TPSA) is 90.4 Å². The molecular formula is C12H10N6. The van der Waals surface area contributed by atoms with E-state index in [1.54, 1.807) is 10.9 Å². The minimum absolute atomic E-state index is 0.118. The van der Waals surface area contributed by atoms with Crippen LogP contribution in [0.1, 0.15) is 16.7 Å². The van der Waals surface area contributed by atoms with Crippen LogP contribution in [-0.2, 0) is 6.54 Å². The minimum atomic E-state index is 0.118. The molecule has 0 saturated carbocycles. The first-order valence-corrected chi connectivity index (χ1v) is 5.31. The molecule has 2 rings (SSSR count). The lowest BCUT2D eigenvalue weighted by Gasteiger charge is -2.01. The predicted octanol–water partition coefficient (Wildman–Crippen LogP) is 3.05. The molecule has 88 valence electrons. The maximum atomic E-state index is 8.87. The molecular weight excluding hydrogens is 228 g/mol. The first kappa shape index (κ1) is 11.7. The Labute approximate surface area is 104 Å². The van der Waals surface area contributed by atoms with E-state index >= 15 is 0 Å². The Bertz CT molecular complexity index is 640. The van der Waals surface area contributed by atoms with Gasteiger partial charge in [0.15, 0.2) is 5.82 Å². The first-order valence-electron chi connectivity index (χ1n) is 5.31. The summed E-state index contributed by atoms with van der Waals surface area (Å²) in [6, 6.07) is 9.96. The van der Waals surface area contributed by atoms with Gasteiger partial charge in [0.2, 0.25) is 0 Å². The van der Waals surface area contributed by atoms with Crippen LogP contribution < -0.4 is 0 Å².